The lowest BCUT2D eigenvalue weighted by molar-refractivity contribution is -0.193. The Morgan fingerprint density at radius 1 is 1.27 bits per heavy atom. The van der Waals surface area contributed by atoms with E-state index in [1.54, 1.807) is 6.08 Å². The first-order chi connectivity index (χ1) is 10.5. The molecule has 0 aliphatic carbocycles. The first-order valence-electron chi connectivity index (χ1n) is 6.97. The second-order valence-corrected chi connectivity index (χ2v) is 5.21. The molecule has 0 N–H and O–H groups in total. The van der Waals surface area contributed by atoms with E-state index in [9.17, 15) is 4.79 Å². The summed E-state index contributed by atoms with van der Waals surface area (Å²) in [5, 5.41) is 8.64. The van der Waals surface area contributed by atoms with Crippen LogP contribution in [-0.2, 0) is 19.0 Å². The molecule has 22 heavy (non-hydrogen) atoms. The molecule has 0 atom stereocenters. The van der Waals surface area contributed by atoms with Crippen molar-refractivity contribution < 1.29 is 19.0 Å². The first kappa shape index (κ1) is 17.9. The Kier molecular flexibility index (Phi) is 6.77. The molecule has 0 amide bonds. The lowest BCUT2D eigenvalue weighted by Crippen LogP contribution is -2.41. The lowest BCUT2D eigenvalue weighted by atomic mass is 9.93. The molecule has 1 aromatic rings. The van der Waals surface area contributed by atoms with Gasteiger partial charge in [0.1, 0.15) is 0 Å². The zero-order valence-electron chi connectivity index (χ0n) is 13.3. The zero-order chi connectivity index (χ0) is 16.6. The average Bonchev–Trinajstić information content (AvgIpc) is 2.51. The fraction of sp³-hybridized carbons (Fsp3) is 0.412. The minimum absolute atomic E-state index is 0.152. The van der Waals surface area contributed by atoms with Crippen LogP contribution < -0.4 is 0 Å². The second kappa shape index (κ2) is 8.32. The van der Waals surface area contributed by atoms with Gasteiger partial charge in [-0.05, 0) is 17.6 Å². The Labute approximate surface area is 131 Å². The van der Waals surface area contributed by atoms with Gasteiger partial charge in [-0.25, -0.2) is 4.79 Å². The molecule has 0 radical (unpaired) electrons. The summed E-state index contributed by atoms with van der Waals surface area (Å²) in [6, 6.07) is 9.25. The van der Waals surface area contributed by atoms with Crippen molar-refractivity contribution in [3.8, 4) is 6.26 Å². The molecular weight excluding hydrogens is 282 g/mol. The normalized spacial score (nSPS) is 12.1. The second-order valence-electron chi connectivity index (χ2n) is 5.21. The van der Waals surface area contributed by atoms with Crippen molar-refractivity contribution in [1.29, 1.82) is 5.26 Å². The van der Waals surface area contributed by atoms with Gasteiger partial charge in [-0.3, -0.25) is 0 Å². The van der Waals surface area contributed by atoms with E-state index in [1.807, 2.05) is 44.2 Å². The van der Waals surface area contributed by atoms with Crippen molar-refractivity contribution in [2.75, 3.05) is 14.2 Å². The molecule has 1 aromatic carbocycles. The van der Waals surface area contributed by atoms with E-state index in [0.717, 1.165) is 5.56 Å². The number of rotatable bonds is 7. The highest BCUT2D eigenvalue weighted by Gasteiger charge is 2.40. The van der Waals surface area contributed by atoms with Crippen LogP contribution in [0.3, 0.4) is 0 Å². The molecule has 0 aliphatic rings. The van der Waals surface area contributed by atoms with Crippen LogP contribution >= 0.6 is 0 Å². The highest BCUT2D eigenvalue weighted by atomic mass is 16.7. The molecule has 0 saturated carbocycles. The Morgan fingerprint density at radius 3 is 2.32 bits per heavy atom. The number of esters is 1. The Bertz CT molecular complexity index is 554. The molecule has 0 aromatic heterocycles. The van der Waals surface area contributed by atoms with Gasteiger partial charge >= 0.3 is 5.97 Å². The summed E-state index contributed by atoms with van der Waals surface area (Å²) >= 11 is 0. The van der Waals surface area contributed by atoms with Crippen molar-refractivity contribution in [3.05, 3.63) is 41.5 Å². The number of nitrogens with zero attached hydrogens (tertiary/aromatic N) is 1. The summed E-state index contributed by atoms with van der Waals surface area (Å²) in [7, 11) is 2.93. The van der Waals surface area contributed by atoms with Crippen LogP contribution in [0.4, 0.5) is 0 Å². The molecule has 0 heterocycles. The van der Waals surface area contributed by atoms with Crippen LogP contribution in [0.5, 0.6) is 0 Å². The van der Waals surface area contributed by atoms with Crippen molar-refractivity contribution in [2.45, 2.75) is 26.1 Å². The third kappa shape index (κ3) is 4.42. The maximum Gasteiger partial charge on any atom is 0.354 e. The number of carbonyl (C=O) groups is 1. The third-order valence-corrected chi connectivity index (χ3v) is 3.22. The maximum atomic E-state index is 12.2. The van der Waals surface area contributed by atoms with Gasteiger partial charge in [0.05, 0.1) is 5.57 Å². The van der Waals surface area contributed by atoms with Gasteiger partial charge in [0, 0.05) is 20.6 Å². The number of carbonyl (C=O) groups excluding carboxylic acids is 1. The van der Waals surface area contributed by atoms with Crippen molar-refractivity contribution in [3.63, 3.8) is 0 Å². The van der Waals surface area contributed by atoms with Gasteiger partial charge in [0.25, 0.3) is 6.26 Å². The van der Waals surface area contributed by atoms with E-state index in [4.69, 9.17) is 14.7 Å². The summed E-state index contributed by atoms with van der Waals surface area (Å²) in [5.41, 5.74) is 0.938. The predicted molar refractivity (Wildman–Crippen MR) is 82.3 cm³/mol. The fourth-order valence-electron chi connectivity index (χ4n) is 2.25. The van der Waals surface area contributed by atoms with E-state index >= 15 is 0 Å². The molecule has 5 heteroatoms. The largest absolute Gasteiger partial charge is 0.354 e. The quantitative estimate of drug-likeness (QED) is 0.335. The molecule has 118 valence electrons. The molecule has 0 aliphatic heterocycles. The van der Waals surface area contributed by atoms with E-state index < -0.39 is 11.8 Å². The van der Waals surface area contributed by atoms with Crippen LogP contribution in [0.1, 0.15) is 25.8 Å². The summed E-state index contributed by atoms with van der Waals surface area (Å²) in [4.78, 5) is 12.2. The maximum absolute atomic E-state index is 12.2. The van der Waals surface area contributed by atoms with Gasteiger partial charge in [-0.15, -0.1) is 5.26 Å². The van der Waals surface area contributed by atoms with Gasteiger partial charge in [-0.1, -0.05) is 44.2 Å². The van der Waals surface area contributed by atoms with Crippen LogP contribution in [0.2, 0.25) is 0 Å². The standard InChI is InChI=1S/C17H21NO4/c1-13(2)11-17(20-3,21-4)15(16(19)22-12-18)10-14-8-6-5-7-9-14/h5-10,13H,11H2,1-4H3. The third-order valence-electron chi connectivity index (χ3n) is 3.22. The number of benzene rings is 1. The fourth-order valence-corrected chi connectivity index (χ4v) is 2.25. The van der Waals surface area contributed by atoms with Crippen molar-refractivity contribution >= 4 is 12.0 Å². The zero-order valence-corrected chi connectivity index (χ0v) is 13.3. The topological polar surface area (TPSA) is 68.6 Å². The van der Waals surface area contributed by atoms with Crippen LogP contribution in [0, 0.1) is 17.4 Å². The van der Waals surface area contributed by atoms with Crippen molar-refractivity contribution in [2.24, 2.45) is 5.92 Å². The first-order valence-corrected chi connectivity index (χ1v) is 6.97. The van der Waals surface area contributed by atoms with E-state index in [2.05, 4.69) is 4.74 Å². The minimum Gasteiger partial charge on any atom is -0.349 e. The Morgan fingerprint density at radius 2 is 1.86 bits per heavy atom. The SMILES string of the molecule is COC(CC(C)C)(OC)C(=Cc1ccccc1)C(=O)OC#N. The summed E-state index contributed by atoms with van der Waals surface area (Å²) in [6.07, 6.45) is 3.47. The average molecular weight is 303 g/mol. The van der Waals surface area contributed by atoms with Crippen LogP contribution in [0.25, 0.3) is 6.08 Å². The molecule has 0 spiro atoms. The summed E-state index contributed by atoms with van der Waals surface area (Å²) < 4.78 is 15.5. The number of methoxy groups -OCH3 is 2. The van der Waals surface area contributed by atoms with E-state index in [1.165, 1.54) is 20.5 Å². The van der Waals surface area contributed by atoms with Crippen molar-refractivity contribution in [1.82, 2.24) is 0 Å². The minimum atomic E-state index is -1.27. The number of nitriles is 1. The summed E-state index contributed by atoms with van der Waals surface area (Å²) in [5.74, 6) is -1.84. The van der Waals surface area contributed by atoms with Gasteiger partial charge in [-0.2, -0.15) is 0 Å². The lowest BCUT2D eigenvalue weighted by Gasteiger charge is -2.33. The molecular formula is C17H21NO4. The van der Waals surface area contributed by atoms with Gasteiger partial charge < -0.3 is 14.2 Å². The molecule has 0 fully saturated rings. The molecule has 0 bridgehead atoms. The Balaban J connectivity index is 3.37. The number of hydrogen-bond acceptors (Lipinski definition) is 5. The predicted octanol–water partition coefficient (Wildman–Crippen LogP) is 3.13. The Hall–Kier alpha value is -2.16. The number of hydrogen-bond donors (Lipinski definition) is 0. The smallest absolute Gasteiger partial charge is 0.349 e. The number of ether oxygens (including phenoxy) is 3. The molecule has 1 rings (SSSR count). The molecule has 5 nitrogen and oxygen atoms in total. The molecule has 0 saturated heterocycles. The highest BCUT2D eigenvalue weighted by Crippen LogP contribution is 2.32. The highest BCUT2D eigenvalue weighted by molar-refractivity contribution is 5.96. The monoisotopic (exact) mass is 303 g/mol. The van der Waals surface area contributed by atoms with E-state index in [-0.39, 0.29) is 11.5 Å². The van der Waals surface area contributed by atoms with Crippen LogP contribution in [0.15, 0.2) is 35.9 Å². The molecule has 0 unspecified atom stereocenters. The van der Waals surface area contributed by atoms with E-state index in [0.29, 0.717) is 6.42 Å². The van der Waals surface area contributed by atoms with Gasteiger partial charge in [0.2, 0.25) is 5.79 Å². The summed E-state index contributed by atoms with van der Waals surface area (Å²) in [6.45, 7) is 3.98. The van der Waals surface area contributed by atoms with Gasteiger partial charge in [0.15, 0.2) is 0 Å². The van der Waals surface area contributed by atoms with Crippen LogP contribution in [-0.4, -0.2) is 26.0 Å².